The Kier molecular flexibility index (Phi) is 7.45. The second kappa shape index (κ2) is 10.1. The summed E-state index contributed by atoms with van der Waals surface area (Å²) >= 11 is 0. The molecule has 1 aromatic heterocycles. The van der Waals surface area contributed by atoms with Crippen molar-refractivity contribution in [1.29, 1.82) is 0 Å². The van der Waals surface area contributed by atoms with Gasteiger partial charge in [0.05, 0.1) is 18.6 Å². The normalized spacial score (nSPS) is 16.2. The standard InChI is InChI=1S/C24H30FN3O4/c1-24(2,3)15-22(29)27(11-13-31-4)16-23(30)28-20(21-6-5-12-32-21)14-19(26-28)17-7-9-18(25)10-8-17/h5-10,12,20H,11,13-16H2,1-4H3/t20-/m1/s1. The molecule has 0 fully saturated rings. The largest absolute Gasteiger partial charge is 0.467 e. The van der Waals surface area contributed by atoms with Crippen LogP contribution in [0.1, 0.15) is 51.0 Å². The first-order valence-corrected chi connectivity index (χ1v) is 10.6. The van der Waals surface area contributed by atoms with E-state index in [0.717, 1.165) is 5.56 Å². The maximum atomic E-state index is 13.3. The van der Waals surface area contributed by atoms with E-state index < -0.39 is 6.04 Å². The predicted molar refractivity (Wildman–Crippen MR) is 118 cm³/mol. The number of hydrogen-bond donors (Lipinski definition) is 0. The Morgan fingerprint density at radius 3 is 2.56 bits per heavy atom. The summed E-state index contributed by atoms with van der Waals surface area (Å²) < 4.78 is 24.0. The average Bonchev–Trinajstić information content (AvgIpc) is 3.40. The monoisotopic (exact) mass is 443 g/mol. The highest BCUT2D eigenvalue weighted by molar-refractivity contribution is 6.03. The maximum absolute atomic E-state index is 13.3. The summed E-state index contributed by atoms with van der Waals surface area (Å²) in [7, 11) is 1.56. The number of methoxy groups -OCH3 is 1. The SMILES string of the molecule is COCCN(CC(=O)N1N=C(c2ccc(F)cc2)C[C@@H]1c1ccco1)C(=O)CC(C)(C)C. The number of carbonyl (C=O) groups excluding carboxylic acids is 2. The highest BCUT2D eigenvalue weighted by Crippen LogP contribution is 2.33. The van der Waals surface area contributed by atoms with E-state index in [4.69, 9.17) is 9.15 Å². The number of hydrogen-bond acceptors (Lipinski definition) is 5. The van der Waals surface area contributed by atoms with Crippen LogP contribution in [-0.2, 0) is 14.3 Å². The Hall–Kier alpha value is -3.00. The van der Waals surface area contributed by atoms with Gasteiger partial charge in [0, 0.05) is 26.5 Å². The van der Waals surface area contributed by atoms with E-state index in [1.54, 1.807) is 37.6 Å². The van der Waals surface area contributed by atoms with Crippen molar-refractivity contribution in [2.45, 2.75) is 39.7 Å². The number of amides is 2. The van der Waals surface area contributed by atoms with Crippen molar-refractivity contribution in [1.82, 2.24) is 9.91 Å². The van der Waals surface area contributed by atoms with E-state index >= 15 is 0 Å². The highest BCUT2D eigenvalue weighted by atomic mass is 19.1. The number of furan rings is 1. The number of nitrogens with zero attached hydrogens (tertiary/aromatic N) is 3. The molecule has 1 aliphatic rings. The lowest BCUT2D eigenvalue weighted by Crippen LogP contribution is -2.43. The summed E-state index contributed by atoms with van der Waals surface area (Å²) in [5, 5.41) is 5.92. The summed E-state index contributed by atoms with van der Waals surface area (Å²) in [5.41, 5.74) is 1.19. The van der Waals surface area contributed by atoms with Gasteiger partial charge in [0.2, 0.25) is 5.91 Å². The molecule has 172 valence electrons. The summed E-state index contributed by atoms with van der Waals surface area (Å²) in [4.78, 5) is 27.7. The molecule has 1 aromatic carbocycles. The van der Waals surface area contributed by atoms with Gasteiger partial charge in [-0.1, -0.05) is 32.9 Å². The van der Waals surface area contributed by atoms with Crippen molar-refractivity contribution in [3.05, 3.63) is 59.8 Å². The molecule has 0 saturated carbocycles. The van der Waals surface area contributed by atoms with E-state index in [-0.39, 0.29) is 29.6 Å². The van der Waals surface area contributed by atoms with Gasteiger partial charge < -0.3 is 14.1 Å². The third kappa shape index (κ3) is 6.03. The molecule has 7 nitrogen and oxygen atoms in total. The zero-order valence-corrected chi connectivity index (χ0v) is 19.0. The van der Waals surface area contributed by atoms with Crippen LogP contribution in [0.4, 0.5) is 4.39 Å². The molecular formula is C24H30FN3O4. The molecule has 0 saturated heterocycles. The van der Waals surface area contributed by atoms with Crippen LogP contribution >= 0.6 is 0 Å². The molecule has 8 heteroatoms. The van der Waals surface area contributed by atoms with Crippen LogP contribution < -0.4 is 0 Å². The second-order valence-electron chi connectivity index (χ2n) is 9.07. The van der Waals surface area contributed by atoms with Crippen LogP contribution in [-0.4, -0.2) is 54.2 Å². The van der Waals surface area contributed by atoms with E-state index in [1.807, 2.05) is 20.8 Å². The topological polar surface area (TPSA) is 75.3 Å². The molecule has 2 heterocycles. The highest BCUT2D eigenvalue weighted by Gasteiger charge is 2.36. The Labute approximate surface area is 187 Å². The van der Waals surface area contributed by atoms with Crippen LogP contribution in [0.5, 0.6) is 0 Å². The van der Waals surface area contributed by atoms with Crippen LogP contribution in [0.2, 0.25) is 0 Å². The van der Waals surface area contributed by atoms with Crippen molar-refractivity contribution in [3.8, 4) is 0 Å². The van der Waals surface area contributed by atoms with E-state index in [1.165, 1.54) is 22.0 Å². The lowest BCUT2D eigenvalue weighted by Gasteiger charge is -2.28. The molecule has 0 radical (unpaired) electrons. The van der Waals surface area contributed by atoms with Crippen molar-refractivity contribution in [2.75, 3.05) is 26.8 Å². The first kappa shape index (κ1) is 23.7. The Balaban J connectivity index is 1.83. The third-order valence-electron chi connectivity index (χ3n) is 5.14. The fraction of sp³-hybridized carbons (Fsp3) is 0.458. The molecule has 1 atom stereocenters. The van der Waals surface area contributed by atoms with Crippen LogP contribution in [0.3, 0.4) is 0 Å². The van der Waals surface area contributed by atoms with Gasteiger partial charge in [-0.2, -0.15) is 5.10 Å². The molecule has 0 unspecified atom stereocenters. The van der Waals surface area contributed by atoms with Gasteiger partial charge in [0.25, 0.3) is 5.91 Å². The maximum Gasteiger partial charge on any atom is 0.262 e. The minimum Gasteiger partial charge on any atom is -0.467 e. The van der Waals surface area contributed by atoms with Crippen molar-refractivity contribution < 1.29 is 23.1 Å². The molecule has 0 bridgehead atoms. The number of halogens is 1. The quantitative estimate of drug-likeness (QED) is 0.618. The van der Waals surface area contributed by atoms with Gasteiger partial charge in [-0.3, -0.25) is 9.59 Å². The van der Waals surface area contributed by atoms with E-state index in [2.05, 4.69) is 5.10 Å². The lowest BCUT2D eigenvalue weighted by molar-refractivity contribution is -0.143. The zero-order chi connectivity index (χ0) is 23.3. The second-order valence-corrected chi connectivity index (χ2v) is 9.07. The fourth-order valence-electron chi connectivity index (χ4n) is 3.55. The van der Waals surface area contributed by atoms with Crippen molar-refractivity contribution >= 4 is 17.5 Å². The van der Waals surface area contributed by atoms with Gasteiger partial charge in [-0.05, 0) is 35.2 Å². The third-order valence-corrected chi connectivity index (χ3v) is 5.14. The smallest absolute Gasteiger partial charge is 0.262 e. The van der Waals surface area contributed by atoms with Gasteiger partial charge in [0.15, 0.2) is 0 Å². The molecule has 0 spiro atoms. The summed E-state index contributed by atoms with van der Waals surface area (Å²) in [6, 6.07) is 9.12. The molecule has 0 N–H and O–H groups in total. The van der Waals surface area contributed by atoms with Crippen LogP contribution in [0, 0.1) is 11.2 Å². The molecule has 3 rings (SSSR count). The van der Waals surface area contributed by atoms with E-state index in [9.17, 15) is 14.0 Å². The summed E-state index contributed by atoms with van der Waals surface area (Å²) in [6.45, 7) is 6.46. The summed E-state index contributed by atoms with van der Waals surface area (Å²) in [5.74, 6) is -0.168. The Bertz CT molecular complexity index is 949. The lowest BCUT2D eigenvalue weighted by atomic mass is 9.91. The Morgan fingerprint density at radius 2 is 1.97 bits per heavy atom. The summed E-state index contributed by atoms with van der Waals surface area (Å²) in [6.07, 6.45) is 2.29. The van der Waals surface area contributed by atoms with Gasteiger partial charge in [0.1, 0.15) is 24.2 Å². The minimum absolute atomic E-state index is 0.112. The van der Waals surface area contributed by atoms with Crippen molar-refractivity contribution in [2.24, 2.45) is 10.5 Å². The number of carbonyl (C=O) groups is 2. The fourth-order valence-corrected chi connectivity index (χ4v) is 3.55. The molecular weight excluding hydrogens is 413 g/mol. The molecule has 2 amide bonds. The number of rotatable bonds is 8. The number of benzene rings is 1. The van der Waals surface area contributed by atoms with Gasteiger partial charge in [-0.25, -0.2) is 9.40 Å². The van der Waals surface area contributed by atoms with Crippen LogP contribution in [0.25, 0.3) is 0 Å². The molecule has 2 aromatic rings. The number of hydrazone groups is 1. The average molecular weight is 444 g/mol. The zero-order valence-electron chi connectivity index (χ0n) is 19.0. The van der Waals surface area contributed by atoms with Gasteiger partial charge >= 0.3 is 0 Å². The first-order chi connectivity index (χ1) is 15.2. The van der Waals surface area contributed by atoms with Gasteiger partial charge in [-0.15, -0.1) is 0 Å². The molecule has 0 aliphatic carbocycles. The van der Waals surface area contributed by atoms with Crippen LogP contribution in [0.15, 0.2) is 52.2 Å². The predicted octanol–water partition coefficient (Wildman–Crippen LogP) is 4.01. The molecule has 32 heavy (non-hydrogen) atoms. The van der Waals surface area contributed by atoms with E-state index in [0.29, 0.717) is 37.5 Å². The van der Waals surface area contributed by atoms with Crippen molar-refractivity contribution in [3.63, 3.8) is 0 Å². The molecule has 1 aliphatic heterocycles. The minimum atomic E-state index is -0.431. The first-order valence-electron chi connectivity index (χ1n) is 10.6. The number of ether oxygens (including phenoxy) is 1. The Morgan fingerprint density at radius 1 is 1.25 bits per heavy atom.